The highest BCUT2D eigenvalue weighted by atomic mass is 32.1. The molecule has 0 amide bonds. The fourth-order valence-electron chi connectivity index (χ4n) is 2.68. The van der Waals surface area contributed by atoms with Crippen molar-refractivity contribution in [2.24, 2.45) is 0 Å². The lowest BCUT2D eigenvalue weighted by Gasteiger charge is -2.24. The highest BCUT2D eigenvalue weighted by Crippen LogP contribution is 2.25. The van der Waals surface area contributed by atoms with Gasteiger partial charge < -0.3 is 19.6 Å². The maximum absolute atomic E-state index is 12.4. The van der Waals surface area contributed by atoms with Gasteiger partial charge in [-0.15, -0.1) is 17.9 Å². The molecule has 2 aromatic heterocycles. The molecule has 0 aliphatic rings. The lowest BCUT2D eigenvalue weighted by molar-refractivity contribution is 0.0189. The number of fused-ring (bicyclic) bond motifs is 1. The summed E-state index contributed by atoms with van der Waals surface area (Å²) in [6.07, 6.45) is 0.998. The van der Waals surface area contributed by atoms with Crippen LogP contribution in [0.3, 0.4) is 0 Å². The van der Waals surface area contributed by atoms with Gasteiger partial charge in [0.05, 0.1) is 37.9 Å². The predicted molar refractivity (Wildman–Crippen MR) is 104 cm³/mol. The number of aryl methyl sites for hydroxylation is 2. The molecular weight excluding hydrogens is 354 g/mol. The number of hydrogen-bond donors (Lipinski definition) is 2. The summed E-state index contributed by atoms with van der Waals surface area (Å²) in [4.78, 5) is 23.7. The Morgan fingerprint density at radius 1 is 1.46 bits per heavy atom. The molecule has 0 saturated heterocycles. The van der Waals surface area contributed by atoms with Crippen LogP contribution < -0.4 is 5.56 Å². The quantitative estimate of drug-likeness (QED) is 0.454. The van der Waals surface area contributed by atoms with E-state index in [4.69, 9.17) is 9.47 Å². The highest BCUT2D eigenvalue weighted by Gasteiger charge is 2.16. The molecule has 0 aliphatic carbocycles. The van der Waals surface area contributed by atoms with Crippen LogP contribution in [0.2, 0.25) is 0 Å². The second-order valence-corrected chi connectivity index (χ2v) is 7.39. The van der Waals surface area contributed by atoms with E-state index in [1.165, 1.54) is 11.3 Å². The summed E-state index contributed by atoms with van der Waals surface area (Å²) in [6.45, 7) is 10.1. The molecule has 2 N–H and O–H groups in total. The molecule has 2 aromatic rings. The Labute approximate surface area is 157 Å². The Bertz CT molecular complexity index is 787. The third-order valence-corrected chi connectivity index (χ3v) is 5.19. The lowest BCUT2D eigenvalue weighted by Crippen LogP contribution is -2.37. The molecule has 0 saturated carbocycles. The lowest BCUT2D eigenvalue weighted by atomic mass is 10.2. The van der Waals surface area contributed by atoms with Crippen LogP contribution in [0.15, 0.2) is 17.4 Å². The number of nitrogens with one attached hydrogen (secondary N) is 1. The molecule has 26 heavy (non-hydrogen) atoms. The van der Waals surface area contributed by atoms with Crippen molar-refractivity contribution in [1.29, 1.82) is 0 Å². The zero-order chi connectivity index (χ0) is 19.1. The molecule has 0 aromatic carbocycles. The summed E-state index contributed by atoms with van der Waals surface area (Å²) in [5, 5.41) is 10.8. The van der Waals surface area contributed by atoms with Crippen molar-refractivity contribution in [2.75, 3.05) is 40.0 Å². The third kappa shape index (κ3) is 5.46. The Morgan fingerprint density at radius 2 is 2.23 bits per heavy atom. The van der Waals surface area contributed by atoms with Gasteiger partial charge in [-0.2, -0.15) is 0 Å². The third-order valence-electron chi connectivity index (χ3n) is 4.09. The normalized spacial score (nSPS) is 12.8. The van der Waals surface area contributed by atoms with Gasteiger partial charge >= 0.3 is 0 Å². The van der Waals surface area contributed by atoms with Crippen LogP contribution in [-0.2, 0) is 16.0 Å². The van der Waals surface area contributed by atoms with E-state index >= 15 is 0 Å². The molecule has 0 radical (unpaired) electrons. The molecule has 2 heterocycles. The zero-order valence-electron chi connectivity index (χ0n) is 15.6. The summed E-state index contributed by atoms with van der Waals surface area (Å²) in [5.74, 6) is 0.582. The average Bonchev–Trinajstić information content (AvgIpc) is 2.87. The van der Waals surface area contributed by atoms with Crippen LogP contribution in [0.25, 0.3) is 10.2 Å². The van der Waals surface area contributed by atoms with Gasteiger partial charge in [-0.05, 0) is 19.4 Å². The first-order valence-electron chi connectivity index (χ1n) is 8.53. The van der Waals surface area contributed by atoms with E-state index in [1.807, 2.05) is 18.7 Å². The molecule has 2 rings (SSSR count). The number of aliphatic hydroxyl groups excluding tert-OH is 1. The summed E-state index contributed by atoms with van der Waals surface area (Å²) in [5.41, 5.74) is 0.865. The molecule has 8 heteroatoms. The number of thiophene rings is 1. The minimum atomic E-state index is -0.645. The van der Waals surface area contributed by atoms with E-state index < -0.39 is 6.10 Å². The van der Waals surface area contributed by atoms with E-state index in [-0.39, 0.29) is 12.2 Å². The number of rotatable bonds is 11. The van der Waals surface area contributed by atoms with E-state index in [0.29, 0.717) is 44.1 Å². The van der Waals surface area contributed by atoms with E-state index in [2.05, 4.69) is 16.5 Å². The minimum Gasteiger partial charge on any atom is -0.389 e. The molecule has 144 valence electrons. The first-order chi connectivity index (χ1) is 12.5. The fourth-order valence-corrected chi connectivity index (χ4v) is 3.73. The molecule has 0 bridgehead atoms. The molecular formula is C18H27N3O4S. The summed E-state index contributed by atoms with van der Waals surface area (Å²) < 4.78 is 10.4. The van der Waals surface area contributed by atoms with Crippen molar-refractivity contribution >= 4 is 21.6 Å². The van der Waals surface area contributed by atoms with Crippen molar-refractivity contribution in [2.45, 2.75) is 26.5 Å². The number of nitrogens with zero attached hydrogens (tertiary/aromatic N) is 2. The molecule has 0 aliphatic heterocycles. The van der Waals surface area contributed by atoms with Gasteiger partial charge in [0, 0.05) is 25.1 Å². The largest absolute Gasteiger partial charge is 0.389 e. The number of ether oxygens (including phenoxy) is 2. The number of methoxy groups -OCH3 is 1. The SMILES string of the molecule is C=CCOC[C@@H](O)CN(CCOC)Cc1nc2sc(C)c(C)c2c(=O)[nH]1. The Morgan fingerprint density at radius 3 is 2.92 bits per heavy atom. The number of H-pyrrole nitrogens is 1. The van der Waals surface area contributed by atoms with Crippen LogP contribution in [0, 0.1) is 13.8 Å². The van der Waals surface area contributed by atoms with Crippen LogP contribution >= 0.6 is 11.3 Å². The number of hydrogen-bond acceptors (Lipinski definition) is 7. The van der Waals surface area contributed by atoms with Crippen LogP contribution in [-0.4, -0.2) is 66.1 Å². The van der Waals surface area contributed by atoms with Crippen LogP contribution in [0.5, 0.6) is 0 Å². The molecule has 1 atom stereocenters. The second-order valence-electron chi connectivity index (χ2n) is 6.18. The maximum Gasteiger partial charge on any atom is 0.259 e. The number of aromatic amines is 1. The zero-order valence-corrected chi connectivity index (χ0v) is 16.4. The topological polar surface area (TPSA) is 87.7 Å². The van der Waals surface area contributed by atoms with Crippen molar-refractivity contribution in [3.8, 4) is 0 Å². The summed E-state index contributed by atoms with van der Waals surface area (Å²) in [7, 11) is 1.63. The van der Waals surface area contributed by atoms with Crippen molar-refractivity contribution in [1.82, 2.24) is 14.9 Å². The van der Waals surface area contributed by atoms with E-state index in [9.17, 15) is 9.90 Å². The first kappa shape index (κ1) is 20.7. The Kier molecular flexibility index (Phi) is 7.92. The fraction of sp³-hybridized carbons (Fsp3) is 0.556. The van der Waals surface area contributed by atoms with Crippen molar-refractivity contribution < 1.29 is 14.6 Å². The Balaban J connectivity index is 2.12. The van der Waals surface area contributed by atoms with Gasteiger partial charge in [-0.3, -0.25) is 9.69 Å². The first-order valence-corrected chi connectivity index (χ1v) is 9.34. The van der Waals surface area contributed by atoms with Gasteiger partial charge in [0.1, 0.15) is 10.7 Å². The smallest absolute Gasteiger partial charge is 0.259 e. The summed E-state index contributed by atoms with van der Waals surface area (Å²) >= 11 is 1.53. The van der Waals surface area contributed by atoms with E-state index in [1.54, 1.807) is 13.2 Å². The highest BCUT2D eigenvalue weighted by molar-refractivity contribution is 7.18. The standard InChI is InChI=1S/C18H27N3O4S/c1-5-7-25-11-14(22)9-21(6-8-24-4)10-15-19-17(23)16-12(2)13(3)26-18(16)20-15/h5,14,22H,1,6-11H2,2-4H3,(H,19,20,23)/t14-/m0/s1. The number of aromatic nitrogens is 2. The predicted octanol–water partition coefficient (Wildman–Crippen LogP) is 1.61. The molecule has 7 nitrogen and oxygen atoms in total. The molecule has 0 unspecified atom stereocenters. The molecule has 0 fully saturated rings. The van der Waals surface area contributed by atoms with Gasteiger partial charge in [-0.25, -0.2) is 4.98 Å². The van der Waals surface area contributed by atoms with Gasteiger partial charge in [0.2, 0.25) is 0 Å². The Hall–Kier alpha value is -1.58. The summed E-state index contributed by atoms with van der Waals surface area (Å²) in [6, 6.07) is 0. The molecule has 0 spiro atoms. The minimum absolute atomic E-state index is 0.117. The monoisotopic (exact) mass is 381 g/mol. The number of aliphatic hydroxyl groups is 1. The van der Waals surface area contributed by atoms with Crippen molar-refractivity contribution in [3.63, 3.8) is 0 Å². The maximum atomic E-state index is 12.4. The average molecular weight is 381 g/mol. The van der Waals surface area contributed by atoms with Gasteiger partial charge in [0.15, 0.2) is 0 Å². The van der Waals surface area contributed by atoms with Crippen LogP contribution in [0.4, 0.5) is 0 Å². The van der Waals surface area contributed by atoms with Gasteiger partial charge in [0.25, 0.3) is 5.56 Å². The van der Waals surface area contributed by atoms with Crippen LogP contribution in [0.1, 0.15) is 16.3 Å². The van der Waals surface area contributed by atoms with Gasteiger partial charge in [-0.1, -0.05) is 6.08 Å². The second kappa shape index (κ2) is 9.94. The van der Waals surface area contributed by atoms with E-state index in [0.717, 1.165) is 15.3 Å². The van der Waals surface area contributed by atoms with Crippen molar-refractivity contribution in [3.05, 3.63) is 39.3 Å².